The van der Waals surface area contributed by atoms with Crippen molar-refractivity contribution in [2.24, 2.45) is 0 Å². The number of allylic oxidation sites excluding steroid dienone is 1. The van der Waals surface area contributed by atoms with E-state index in [0.29, 0.717) is 6.29 Å². The molecular formula is C12H13NO3. The lowest BCUT2D eigenvalue weighted by Gasteiger charge is -2.03. The van der Waals surface area contributed by atoms with E-state index in [-0.39, 0.29) is 18.2 Å². The summed E-state index contributed by atoms with van der Waals surface area (Å²) >= 11 is 0. The molecule has 0 saturated heterocycles. The predicted octanol–water partition coefficient (Wildman–Crippen LogP) is 0.989. The maximum Gasteiger partial charge on any atom is 0.250 e. The monoisotopic (exact) mass is 219 g/mol. The first kappa shape index (κ1) is 12.1. The normalized spacial score (nSPS) is 10.9. The molecule has 1 aromatic carbocycles. The third-order valence-corrected chi connectivity index (χ3v) is 1.81. The summed E-state index contributed by atoms with van der Waals surface area (Å²) in [6.45, 7) is -0.0695. The molecule has 0 bridgehead atoms. The Balaban J connectivity index is 2.71. The molecule has 0 aliphatic carbocycles. The fourth-order valence-corrected chi connectivity index (χ4v) is 1.16. The van der Waals surface area contributed by atoms with Crippen LogP contribution in [0.15, 0.2) is 36.0 Å². The fraction of sp³-hybridized carbons (Fsp3) is 0.167. The van der Waals surface area contributed by atoms with Gasteiger partial charge >= 0.3 is 0 Å². The molecule has 16 heavy (non-hydrogen) atoms. The Morgan fingerprint density at radius 2 is 2.06 bits per heavy atom. The molecule has 0 unspecified atom stereocenters. The number of benzene rings is 1. The standard InChI is InChI=1S/C12H13NO3/c1-16-9-12(15)13-11(8-14)7-10-5-3-2-4-6-10/h2-8H,9H2,1H3,(H,13,15). The van der Waals surface area contributed by atoms with Gasteiger partial charge in [0.1, 0.15) is 6.61 Å². The molecule has 0 radical (unpaired) electrons. The van der Waals surface area contributed by atoms with Gasteiger partial charge in [0.2, 0.25) is 5.91 Å². The van der Waals surface area contributed by atoms with Gasteiger partial charge in [-0.25, -0.2) is 0 Å². The third kappa shape index (κ3) is 4.06. The van der Waals surface area contributed by atoms with E-state index in [1.165, 1.54) is 7.11 Å². The number of hydrogen-bond acceptors (Lipinski definition) is 3. The molecule has 0 heterocycles. The Bertz CT molecular complexity index is 385. The van der Waals surface area contributed by atoms with Crippen LogP contribution >= 0.6 is 0 Å². The Hall–Kier alpha value is -1.94. The summed E-state index contributed by atoms with van der Waals surface area (Å²) in [6, 6.07) is 9.26. The van der Waals surface area contributed by atoms with Gasteiger partial charge in [0, 0.05) is 7.11 Å². The van der Waals surface area contributed by atoms with Gasteiger partial charge in [-0.1, -0.05) is 30.3 Å². The second-order valence-electron chi connectivity index (χ2n) is 3.11. The smallest absolute Gasteiger partial charge is 0.250 e. The van der Waals surface area contributed by atoms with E-state index in [9.17, 15) is 9.59 Å². The van der Waals surface area contributed by atoms with E-state index in [1.54, 1.807) is 6.08 Å². The molecule has 0 aromatic heterocycles. The molecule has 84 valence electrons. The van der Waals surface area contributed by atoms with Crippen molar-refractivity contribution in [2.45, 2.75) is 0 Å². The largest absolute Gasteiger partial charge is 0.375 e. The summed E-state index contributed by atoms with van der Waals surface area (Å²) in [6.07, 6.45) is 2.20. The zero-order chi connectivity index (χ0) is 11.8. The van der Waals surface area contributed by atoms with Crippen molar-refractivity contribution >= 4 is 18.3 Å². The molecular weight excluding hydrogens is 206 g/mol. The summed E-state index contributed by atoms with van der Waals surface area (Å²) in [5.41, 5.74) is 1.07. The van der Waals surface area contributed by atoms with Crippen molar-refractivity contribution < 1.29 is 14.3 Å². The average Bonchev–Trinajstić information content (AvgIpc) is 2.30. The highest BCUT2D eigenvalue weighted by Gasteiger charge is 2.02. The summed E-state index contributed by atoms with van der Waals surface area (Å²) in [4.78, 5) is 21.9. The number of hydrogen-bond donors (Lipinski definition) is 1. The van der Waals surface area contributed by atoms with Gasteiger partial charge in [0.15, 0.2) is 6.29 Å². The maximum absolute atomic E-state index is 11.2. The number of nitrogens with one attached hydrogen (secondary N) is 1. The highest BCUT2D eigenvalue weighted by atomic mass is 16.5. The Morgan fingerprint density at radius 1 is 1.38 bits per heavy atom. The SMILES string of the molecule is COCC(=O)NC(C=O)=Cc1ccccc1. The van der Waals surface area contributed by atoms with Crippen molar-refractivity contribution in [2.75, 3.05) is 13.7 Å². The minimum absolute atomic E-state index is 0.0695. The maximum atomic E-state index is 11.2. The minimum Gasteiger partial charge on any atom is -0.375 e. The lowest BCUT2D eigenvalue weighted by molar-refractivity contribution is -0.124. The quantitative estimate of drug-likeness (QED) is 0.593. The molecule has 4 nitrogen and oxygen atoms in total. The third-order valence-electron chi connectivity index (χ3n) is 1.81. The zero-order valence-electron chi connectivity index (χ0n) is 8.97. The van der Waals surface area contributed by atoms with E-state index >= 15 is 0 Å². The molecule has 0 atom stereocenters. The molecule has 1 aromatic rings. The van der Waals surface area contributed by atoms with E-state index in [4.69, 9.17) is 0 Å². The summed E-state index contributed by atoms with van der Waals surface area (Å²) in [5.74, 6) is -0.350. The Morgan fingerprint density at radius 3 is 2.62 bits per heavy atom. The second-order valence-corrected chi connectivity index (χ2v) is 3.11. The first-order valence-corrected chi connectivity index (χ1v) is 4.77. The molecule has 0 saturated carbocycles. The van der Waals surface area contributed by atoms with Crippen LogP contribution in [-0.4, -0.2) is 25.9 Å². The molecule has 1 rings (SSSR count). The van der Waals surface area contributed by atoms with Crippen molar-refractivity contribution in [1.82, 2.24) is 5.32 Å². The highest BCUT2D eigenvalue weighted by molar-refractivity contribution is 5.90. The number of carbonyl (C=O) groups is 2. The van der Waals surface area contributed by atoms with Crippen molar-refractivity contribution in [3.8, 4) is 0 Å². The summed E-state index contributed by atoms with van der Waals surface area (Å²) in [5, 5.41) is 2.45. The lowest BCUT2D eigenvalue weighted by atomic mass is 10.2. The van der Waals surface area contributed by atoms with Crippen LogP contribution in [0.25, 0.3) is 6.08 Å². The van der Waals surface area contributed by atoms with Crippen LogP contribution < -0.4 is 5.32 Å². The first-order valence-electron chi connectivity index (χ1n) is 4.77. The predicted molar refractivity (Wildman–Crippen MR) is 60.5 cm³/mol. The van der Waals surface area contributed by atoms with E-state index in [1.807, 2.05) is 30.3 Å². The Labute approximate surface area is 93.9 Å². The van der Waals surface area contributed by atoms with Crippen molar-refractivity contribution in [3.63, 3.8) is 0 Å². The Kier molecular flexibility index (Phi) is 4.95. The van der Waals surface area contributed by atoms with Crippen LogP contribution in [0.5, 0.6) is 0 Å². The number of rotatable bonds is 5. The lowest BCUT2D eigenvalue weighted by Crippen LogP contribution is -2.27. The number of aldehydes is 1. The summed E-state index contributed by atoms with van der Waals surface area (Å²) in [7, 11) is 1.42. The van der Waals surface area contributed by atoms with Crippen LogP contribution in [0.2, 0.25) is 0 Å². The number of methoxy groups -OCH3 is 1. The van der Waals surface area contributed by atoms with Gasteiger partial charge < -0.3 is 10.1 Å². The highest BCUT2D eigenvalue weighted by Crippen LogP contribution is 2.03. The van der Waals surface area contributed by atoms with Crippen LogP contribution in [0.1, 0.15) is 5.56 Å². The molecule has 0 aliphatic heterocycles. The number of ether oxygens (including phenoxy) is 1. The zero-order valence-corrected chi connectivity index (χ0v) is 8.97. The first-order chi connectivity index (χ1) is 7.76. The van der Waals surface area contributed by atoms with Crippen molar-refractivity contribution in [3.05, 3.63) is 41.6 Å². The fourth-order valence-electron chi connectivity index (χ4n) is 1.16. The van der Waals surface area contributed by atoms with Crippen LogP contribution in [0, 0.1) is 0 Å². The molecule has 0 spiro atoms. The second kappa shape index (κ2) is 6.53. The van der Waals surface area contributed by atoms with Crippen LogP contribution in [0.3, 0.4) is 0 Å². The van der Waals surface area contributed by atoms with Gasteiger partial charge in [-0.15, -0.1) is 0 Å². The van der Waals surface area contributed by atoms with Gasteiger partial charge in [-0.2, -0.15) is 0 Å². The van der Waals surface area contributed by atoms with E-state index in [0.717, 1.165) is 5.56 Å². The van der Waals surface area contributed by atoms with Crippen LogP contribution in [-0.2, 0) is 14.3 Å². The minimum atomic E-state index is -0.350. The molecule has 0 aliphatic rings. The van der Waals surface area contributed by atoms with Crippen LogP contribution in [0.4, 0.5) is 0 Å². The molecule has 4 heteroatoms. The van der Waals surface area contributed by atoms with Gasteiger partial charge in [0.25, 0.3) is 0 Å². The summed E-state index contributed by atoms with van der Waals surface area (Å²) < 4.78 is 4.64. The molecule has 1 N–H and O–H groups in total. The van der Waals surface area contributed by atoms with E-state index < -0.39 is 0 Å². The van der Waals surface area contributed by atoms with Gasteiger partial charge in [-0.05, 0) is 11.6 Å². The number of carbonyl (C=O) groups excluding carboxylic acids is 2. The van der Waals surface area contributed by atoms with Gasteiger partial charge in [0.05, 0.1) is 5.70 Å². The molecule has 1 amide bonds. The average molecular weight is 219 g/mol. The van der Waals surface area contributed by atoms with Crippen molar-refractivity contribution in [1.29, 1.82) is 0 Å². The van der Waals surface area contributed by atoms with E-state index in [2.05, 4.69) is 10.1 Å². The topological polar surface area (TPSA) is 55.4 Å². The van der Waals surface area contributed by atoms with Gasteiger partial charge in [-0.3, -0.25) is 9.59 Å². The molecule has 0 fully saturated rings. The number of amides is 1.